The van der Waals surface area contributed by atoms with E-state index in [0.717, 1.165) is 25.7 Å². The van der Waals surface area contributed by atoms with Crippen LogP contribution >= 0.6 is 0 Å². The minimum absolute atomic E-state index is 0.0142. The number of ether oxygens (including phenoxy) is 2. The fourth-order valence-corrected chi connectivity index (χ4v) is 2.16. The molecule has 0 fully saturated rings. The fourth-order valence-electron chi connectivity index (χ4n) is 2.16. The largest absolute Gasteiger partial charge is 0.505 e. The van der Waals surface area contributed by atoms with E-state index in [9.17, 15) is 14.7 Å². The van der Waals surface area contributed by atoms with Gasteiger partial charge in [-0.05, 0) is 24.5 Å². The van der Waals surface area contributed by atoms with Crippen LogP contribution in [-0.4, -0.2) is 30.9 Å². The van der Waals surface area contributed by atoms with Gasteiger partial charge in [-0.2, -0.15) is 0 Å². The van der Waals surface area contributed by atoms with E-state index < -0.39 is 12.1 Å². The van der Waals surface area contributed by atoms with Crippen LogP contribution in [0.5, 0.6) is 5.75 Å². The summed E-state index contributed by atoms with van der Waals surface area (Å²) in [6, 6.07) is 4.44. The Hall–Kier alpha value is -2.24. The molecule has 6 nitrogen and oxygen atoms in total. The molecule has 2 N–H and O–H groups in total. The Morgan fingerprint density at radius 3 is 2.65 bits per heavy atom. The topological polar surface area (TPSA) is 84.9 Å². The fraction of sp³-hybridized carbons (Fsp3) is 0.529. The first-order valence-electron chi connectivity index (χ1n) is 7.87. The predicted molar refractivity (Wildman–Crippen MR) is 87.7 cm³/mol. The Bertz CT molecular complexity index is 530. The molecule has 1 rings (SSSR count). The third-order valence-electron chi connectivity index (χ3n) is 3.67. The highest BCUT2D eigenvalue weighted by atomic mass is 16.5. The van der Waals surface area contributed by atoms with Crippen molar-refractivity contribution >= 4 is 17.7 Å². The van der Waals surface area contributed by atoms with Crippen LogP contribution in [0.1, 0.15) is 49.9 Å². The van der Waals surface area contributed by atoms with Crippen molar-refractivity contribution in [2.24, 2.45) is 5.92 Å². The van der Waals surface area contributed by atoms with Gasteiger partial charge in [-0.15, -0.1) is 0 Å². The second-order valence-electron chi connectivity index (χ2n) is 5.33. The number of anilines is 1. The van der Waals surface area contributed by atoms with Gasteiger partial charge in [-0.25, -0.2) is 9.59 Å². The van der Waals surface area contributed by atoms with E-state index in [1.54, 1.807) is 0 Å². The molecule has 1 aromatic carbocycles. The molecule has 1 unspecified atom stereocenters. The molecular formula is C17H25NO5. The van der Waals surface area contributed by atoms with Crippen LogP contribution in [0.2, 0.25) is 0 Å². The van der Waals surface area contributed by atoms with E-state index in [1.165, 1.54) is 25.3 Å². The van der Waals surface area contributed by atoms with Crippen LogP contribution in [0.15, 0.2) is 18.2 Å². The zero-order valence-electron chi connectivity index (χ0n) is 13.9. The Labute approximate surface area is 136 Å². The molecular weight excluding hydrogens is 298 g/mol. The summed E-state index contributed by atoms with van der Waals surface area (Å²) in [6.45, 7) is 4.52. The highest BCUT2D eigenvalue weighted by Gasteiger charge is 2.17. The first-order valence-corrected chi connectivity index (χ1v) is 7.87. The first-order chi connectivity index (χ1) is 11.0. The molecule has 0 saturated heterocycles. The third kappa shape index (κ3) is 5.81. The van der Waals surface area contributed by atoms with Gasteiger partial charge in [-0.1, -0.05) is 39.2 Å². The number of amides is 1. The van der Waals surface area contributed by atoms with Crippen molar-refractivity contribution in [2.75, 3.05) is 19.0 Å². The van der Waals surface area contributed by atoms with Gasteiger partial charge in [0.2, 0.25) is 0 Å². The Morgan fingerprint density at radius 2 is 2.04 bits per heavy atom. The van der Waals surface area contributed by atoms with Crippen molar-refractivity contribution in [3.63, 3.8) is 0 Å². The minimum atomic E-state index is -0.676. The number of nitrogens with one attached hydrogen (secondary N) is 1. The van der Waals surface area contributed by atoms with Gasteiger partial charge >= 0.3 is 12.1 Å². The Balaban J connectivity index is 2.62. The number of carbonyl (C=O) groups is 2. The van der Waals surface area contributed by atoms with Crippen LogP contribution in [0.3, 0.4) is 0 Å². The van der Waals surface area contributed by atoms with Gasteiger partial charge in [0.25, 0.3) is 0 Å². The van der Waals surface area contributed by atoms with Crippen LogP contribution in [0.4, 0.5) is 10.5 Å². The lowest BCUT2D eigenvalue weighted by Crippen LogP contribution is -2.19. The number of rotatable bonds is 8. The Morgan fingerprint density at radius 1 is 1.30 bits per heavy atom. The minimum Gasteiger partial charge on any atom is -0.505 e. The molecule has 1 aromatic rings. The Kier molecular flexibility index (Phi) is 7.94. The lowest BCUT2D eigenvalue weighted by molar-refractivity contribution is 0.0597. The van der Waals surface area contributed by atoms with E-state index in [1.807, 2.05) is 0 Å². The number of carbonyl (C=O) groups excluding carboxylic acids is 2. The highest BCUT2D eigenvalue weighted by molar-refractivity contribution is 5.97. The van der Waals surface area contributed by atoms with Crippen LogP contribution in [-0.2, 0) is 9.47 Å². The summed E-state index contributed by atoms with van der Waals surface area (Å²) < 4.78 is 9.77. The maximum Gasteiger partial charge on any atom is 0.411 e. The molecule has 0 saturated carbocycles. The smallest absolute Gasteiger partial charge is 0.411 e. The molecule has 23 heavy (non-hydrogen) atoms. The first kappa shape index (κ1) is 18.8. The van der Waals surface area contributed by atoms with Crippen molar-refractivity contribution < 1.29 is 24.2 Å². The number of esters is 1. The molecule has 0 aliphatic rings. The van der Waals surface area contributed by atoms with Crippen molar-refractivity contribution in [2.45, 2.75) is 39.5 Å². The number of unbranched alkanes of at least 4 members (excludes halogenated alkanes) is 1. The van der Waals surface area contributed by atoms with Gasteiger partial charge in [0, 0.05) is 0 Å². The van der Waals surface area contributed by atoms with E-state index in [2.05, 4.69) is 23.9 Å². The second-order valence-corrected chi connectivity index (χ2v) is 5.33. The van der Waals surface area contributed by atoms with Crippen molar-refractivity contribution in [1.29, 1.82) is 0 Å². The standard InChI is InChI=1S/C17H25NO5/c1-4-6-8-12(5-2)11-23-17(21)18-14-10-7-9-13(15(14)19)16(20)22-3/h7,9-10,12,19H,4-6,8,11H2,1-3H3,(H,18,21). The van der Waals surface area contributed by atoms with Crippen LogP contribution in [0, 0.1) is 5.92 Å². The molecule has 0 bridgehead atoms. The van der Waals surface area contributed by atoms with Gasteiger partial charge in [-0.3, -0.25) is 5.32 Å². The number of hydrogen-bond acceptors (Lipinski definition) is 5. The number of hydrogen-bond donors (Lipinski definition) is 2. The lowest BCUT2D eigenvalue weighted by atomic mass is 10.0. The van der Waals surface area contributed by atoms with E-state index in [0.29, 0.717) is 12.5 Å². The molecule has 6 heteroatoms. The van der Waals surface area contributed by atoms with Crippen molar-refractivity contribution in [3.8, 4) is 5.75 Å². The summed E-state index contributed by atoms with van der Waals surface area (Å²) in [5.41, 5.74) is 0.0965. The predicted octanol–water partition coefficient (Wildman–Crippen LogP) is 3.94. The normalized spacial score (nSPS) is 11.6. The average molecular weight is 323 g/mol. The summed E-state index contributed by atoms with van der Waals surface area (Å²) in [4.78, 5) is 23.3. The third-order valence-corrected chi connectivity index (χ3v) is 3.67. The number of para-hydroxylation sites is 1. The molecule has 1 atom stereocenters. The monoisotopic (exact) mass is 323 g/mol. The van der Waals surface area contributed by atoms with Gasteiger partial charge < -0.3 is 14.6 Å². The molecule has 0 aliphatic carbocycles. The molecule has 0 aliphatic heterocycles. The highest BCUT2D eigenvalue weighted by Crippen LogP contribution is 2.28. The number of aromatic hydroxyl groups is 1. The van der Waals surface area contributed by atoms with Gasteiger partial charge in [0.15, 0.2) is 5.75 Å². The van der Waals surface area contributed by atoms with E-state index in [4.69, 9.17) is 4.74 Å². The average Bonchev–Trinajstić information content (AvgIpc) is 2.56. The number of benzene rings is 1. The molecule has 0 heterocycles. The summed E-state index contributed by atoms with van der Waals surface area (Å²) in [6.07, 6.45) is 3.51. The lowest BCUT2D eigenvalue weighted by Gasteiger charge is -2.15. The molecule has 0 spiro atoms. The van der Waals surface area contributed by atoms with Crippen molar-refractivity contribution in [3.05, 3.63) is 23.8 Å². The van der Waals surface area contributed by atoms with E-state index >= 15 is 0 Å². The van der Waals surface area contributed by atoms with Gasteiger partial charge in [0.1, 0.15) is 5.56 Å². The van der Waals surface area contributed by atoms with Crippen LogP contribution < -0.4 is 5.32 Å². The van der Waals surface area contributed by atoms with Crippen LogP contribution in [0.25, 0.3) is 0 Å². The maximum atomic E-state index is 11.8. The number of methoxy groups -OCH3 is 1. The van der Waals surface area contributed by atoms with Crippen molar-refractivity contribution in [1.82, 2.24) is 0 Å². The quantitative estimate of drug-likeness (QED) is 0.559. The maximum absolute atomic E-state index is 11.8. The molecule has 128 valence electrons. The number of phenols is 1. The second kappa shape index (κ2) is 9.71. The van der Waals surface area contributed by atoms with E-state index in [-0.39, 0.29) is 17.0 Å². The molecule has 0 aromatic heterocycles. The zero-order valence-corrected chi connectivity index (χ0v) is 13.9. The SMILES string of the molecule is CCCCC(CC)COC(=O)Nc1cccc(C(=O)OC)c1O. The summed E-state index contributed by atoms with van der Waals surface area (Å²) in [7, 11) is 1.22. The number of phenolic OH excluding ortho intramolecular Hbond substituents is 1. The summed E-state index contributed by atoms with van der Waals surface area (Å²) in [5, 5.41) is 12.5. The zero-order chi connectivity index (χ0) is 17.2. The van der Waals surface area contributed by atoms with Gasteiger partial charge in [0.05, 0.1) is 19.4 Å². The summed E-state index contributed by atoms with van der Waals surface area (Å²) in [5.74, 6) is -0.685. The molecule has 1 amide bonds. The molecule has 0 radical (unpaired) electrons. The summed E-state index contributed by atoms with van der Waals surface area (Å²) >= 11 is 0.